The first kappa shape index (κ1) is 15.7. The number of nitrogens with zero attached hydrogens (tertiary/aromatic N) is 1. The van der Waals surface area contributed by atoms with E-state index in [2.05, 4.69) is 22.2 Å². The summed E-state index contributed by atoms with van der Waals surface area (Å²) >= 11 is 1.31. The van der Waals surface area contributed by atoms with Gasteiger partial charge in [-0.25, -0.2) is 4.98 Å². The molecule has 19 heavy (non-hydrogen) atoms. The molecule has 0 saturated carbocycles. The molecule has 5 nitrogen and oxygen atoms in total. The molecule has 0 aliphatic carbocycles. The van der Waals surface area contributed by atoms with Gasteiger partial charge in [0.2, 0.25) is 0 Å². The lowest BCUT2D eigenvalue weighted by Gasteiger charge is -2.20. The van der Waals surface area contributed by atoms with Gasteiger partial charge in [0.15, 0.2) is 5.13 Å². The van der Waals surface area contributed by atoms with Crippen LogP contribution in [0, 0.1) is 5.92 Å². The SMILES string of the molecule is C=CCNc1ncc(C(=O)NC(CCO)C(C)C)s1. The number of nitrogens with one attached hydrogen (secondary N) is 2. The summed E-state index contributed by atoms with van der Waals surface area (Å²) in [5, 5.41) is 15.7. The summed E-state index contributed by atoms with van der Waals surface area (Å²) in [6.45, 7) is 8.33. The smallest absolute Gasteiger partial charge is 0.263 e. The van der Waals surface area contributed by atoms with E-state index in [0.717, 1.165) is 0 Å². The van der Waals surface area contributed by atoms with Gasteiger partial charge in [-0.1, -0.05) is 31.3 Å². The Morgan fingerprint density at radius 1 is 1.63 bits per heavy atom. The second-order valence-electron chi connectivity index (χ2n) is 4.54. The molecule has 0 bridgehead atoms. The summed E-state index contributed by atoms with van der Waals surface area (Å²) in [7, 11) is 0. The van der Waals surface area contributed by atoms with Gasteiger partial charge in [0.25, 0.3) is 5.91 Å². The van der Waals surface area contributed by atoms with Gasteiger partial charge in [-0.05, 0) is 12.3 Å². The minimum absolute atomic E-state index is 0.0239. The molecule has 1 aromatic heterocycles. The number of carbonyl (C=O) groups excluding carboxylic acids is 1. The molecular formula is C13H21N3O2S. The van der Waals surface area contributed by atoms with Crippen LogP contribution in [0.3, 0.4) is 0 Å². The van der Waals surface area contributed by atoms with E-state index in [0.29, 0.717) is 23.0 Å². The minimum atomic E-state index is -0.142. The van der Waals surface area contributed by atoms with Crippen molar-refractivity contribution >= 4 is 22.4 Å². The van der Waals surface area contributed by atoms with Crippen molar-refractivity contribution in [3.8, 4) is 0 Å². The topological polar surface area (TPSA) is 74.2 Å². The van der Waals surface area contributed by atoms with Gasteiger partial charge in [0.05, 0.1) is 6.20 Å². The van der Waals surface area contributed by atoms with Gasteiger partial charge < -0.3 is 15.7 Å². The molecular weight excluding hydrogens is 262 g/mol. The van der Waals surface area contributed by atoms with Crippen molar-refractivity contribution in [2.75, 3.05) is 18.5 Å². The molecule has 6 heteroatoms. The Hall–Kier alpha value is -1.40. The summed E-state index contributed by atoms with van der Waals surface area (Å²) in [6, 6.07) is -0.0239. The number of carbonyl (C=O) groups is 1. The van der Waals surface area contributed by atoms with Crippen LogP contribution in [0.4, 0.5) is 5.13 Å². The summed E-state index contributed by atoms with van der Waals surface area (Å²) in [6.07, 6.45) is 3.85. The van der Waals surface area contributed by atoms with Crippen LogP contribution in [-0.4, -0.2) is 35.2 Å². The molecule has 1 aromatic rings. The number of aliphatic hydroxyl groups excluding tert-OH is 1. The van der Waals surface area contributed by atoms with Gasteiger partial charge in [0, 0.05) is 19.2 Å². The van der Waals surface area contributed by atoms with Crippen LogP contribution >= 0.6 is 11.3 Å². The fourth-order valence-corrected chi connectivity index (χ4v) is 2.30. The highest BCUT2D eigenvalue weighted by atomic mass is 32.1. The maximum Gasteiger partial charge on any atom is 0.263 e. The van der Waals surface area contributed by atoms with Crippen molar-refractivity contribution in [3.63, 3.8) is 0 Å². The molecule has 0 aliphatic heterocycles. The van der Waals surface area contributed by atoms with Crippen LogP contribution in [0.1, 0.15) is 29.9 Å². The van der Waals surface area contributed by atoms with Crippen molar-refractivity contribution in [2.24, 2.45) is 5.92 Å². The third-order valence-corrected chi connectivity index (χ3v) is 3.64. The first-order valence-electron chi connectivity index (χ1n) is 6.30. The molecule has 1 atom stereocenters. The van der Waals surface area contributed by atoms with Gasteiger partial charge in [-0.15, -0.1) is 6.58 Å². The lowest BCUT2D eigenvalue weighted by atomic mass is 10.0. The Morgan fingerprint density at radius 3 is 2.95 bits per heavy atom. The van der Waals surface area contributed by atoms with Crippen molar-refractivity contribution in [1.29, 1.82) is 0 Å². The summed E-state index contributed by atoms with van der Waals surface area (Å²) < 4.78 is 0. The van der Waals surface area contributed by atoms with Gasteiger partial charge in [-0.3, -0.25) is 4.79 Å². The van der Waals surface area contributed by atoms with E-state index in [1.165, 1.54) is 11.3 Å². The maximum absolute atomic E-state index is 12.1. The second kappa shape index (κ2) is 7.91. The summed E-state index contributed by atoms with van der Waals surface area (Å²) in [5.41, 5.74) is 0. The van der Waals surface area contributed by atoms with Crippen LogP contribution in [0.15, 0.2) is 18.9 Å². The van der Waals surface area contributed by atoms with Crippen LogP contribution < -0.4 is 10.6 Å². The zero-order chi connectivity index (χ0) is 14.3. The Kier molecular flexibility index (Phi) is 6.52. The van der Waals surface area contributed by atoms with E-state index in [9.17, 15) is 4.79 Å². The first-order chi connectivity index (χ1) is 9.08. The third-order valence-electron chi connectivity index (χ3n) is 2.69. The predicted molar refractivity (Wildman–Crippen MR) is 78.6 cm³/mol. The standard InChI is InChI=1S/C13H21N3O2S/c1-4-6-14-13-15-8-11(19-13)12(18)16-10(5-7-17)9(2)3/h4,8-10,17H,1,5-7H2,2-3H3,(H,14,15)(H,16,18). The second-order valence-corrected chi connectivity index (χ2v) is 5.57. The number of hydrogen-bond acceptors (Lipinski definition) is 5. The summed E-state index contributed by atoms with van der Waals surface area (Å²) in [4.78, 5) is 16.7. The van der Waals surface area contributed by atoms with E-state index in [-0.39, 0.29) is 24.5 Å². The molecule has 106 valence electrons. The Morgan fingerprint density at radius 2 is 2.37 bits per heavy atom. The number of rotatable bonds is 8. The highest BCUT2D eigenvalue weighted by molar-refractivity contribution is 7.17. The third kappa shape index (κ3) is 5.00. The van der Waals surface area contributed by atoms with Crippen LogP contribution in [0.25, 0.3) is 0 Å². The normalized spacial score (nSPS) is 12.2. The largest absolute Gasteiger partial charge is 0.396 e. The van der Waals surface area contributed by atoms with Gasteiger partial charge >= 0.3 is 0 Å². The molecule has 1 rings (SSSR count). The first-order valence-corrected chi connectivity index (χ1v) is 7.12. The lowest BCUT2D eigenvalue weighted by Crippen LogP contribution is -2.38. The number of amides is 1. The number of thiazole rings is 1. The molecule has 0 radical (unpaired) electrons. The average molecular weight is 283 g/mol. The average Bonchev–Trinajstić information content (AvgIpc) is 2.84. The van der Waals surface area contributed by atoms with Crippen molar-refractivity contribution in [2.45, 2.75) is 26.3 Å². The zero-order valence-corrected chi connectivity index (χ0v) is 12.2. The lowest BCUT2D eigenvalue weighted by molar-refractivity contribution is 0.0920. The fourth-order valence-electron chi connectivity index (χ4n) is 1.57. The predicted octanol–water partition coefficient (Wildman–Crippen LogP) is 1.88. The molecule has 0 spiro atoms. The van der Waals surface area contributed by atoms with Crippen LogP contribution in [-0.2, 0) is 0 Å². The Balaban J connectivity index is 2.61. The van der Waals surface area contributed by atoms with Gasteiger partial charge in [-0.2, -0.15) is 0 Å². The van der Waals surface area contributed by atoms with Gasteiger partial charge in [0.1, 0.15) is 4.88 Å². The van der Waals surface area contributed by atoms with Crippen molar-refractivity contribution in [1.82, 2.24) is 10.3 Å². The van der Waals surface area contributed by atoms with Crippen LogP contribution in [0.5, 0.6) is 0 Å². The van der Waals surface area contributed by atoms with Crippen molar-refractivity contribution < 1.29 is 9.90 Å². The molecule has 1 amide bonds. The number of aromatic nitrogens is 1. The number of aliphatic hydroxyl groups is 1. The molecule has 3 N–H and O–H groups in total. The number of anilines is 1. The molecule has 0 aliphatic rings. The Bertz CT molecular complexity index is 418. The van der Waals surface area contributed by atoms with Crippen LogP contribution in [0.2, 0.25) is 0 Å². The molecule has 0 aromatic carbocycles. The minimum Gasteiger partial charge on any atom is -0.396 e. The van der Waals surface area contributed by atoms with Crippen molar-refractivity contribution in [3.05, 3.63) is 23.7 Å². The monoisotopic (exact) mass is 283 g/mol. The zero-order valence-electron chi connectivity index (χ0n) is 11.3. The quantitative estimate of drug-likeness (QED) is 0.637. The fraction of sp³-hybridized carbons (Fsp3) is 0.538. The molecule has 1 heterocycles. The summed E-state index contributed by atoms with van der Waals surface area (Å²) in [5.74, 6) is 0.138. The highest BCUT2D eigenvalue weighted by Gasteiger charge is 2.18. The molecule has 0 fully saturated rings. The van der Waals surface area contributed by atoms with E-state index < -0.39 is 0 Å². The maximum atomic E-state index is 12.1. The van der Waals surface area contributed by atoms with E-state index >= 15 is 0 Å². The Labute approximate surface area is 117 Å². The molecule has 1 unspecified atom stereocenters. The van der Waals surface area contributed by atoms with E-state index in [1.807, 2.05) is 13.8 Å². The molecule has 0 saturated heterocycles. The van der Waals surface area contributed by atoms with E-state index in [4.69, 9.17) is 5.11 Å². The van der Waals surface area contributed by atoms with E-state index in [1.54, 1.807) is 12.3 Å². The number of hydrogen-bond donors (Lipinski definition) is 3. The highest BCUT2D eigenvalue weighted by Crippen LogP contribution is 2.18.